The van der Waals surface area contributed by atoms with Gasteiger partial charge < -0.3 is 14.8 Å². The Labute approximate surface area is 176 Å². The van der Waals surface area contributed by atoms with E-state index in [0.717, 1.165) is 25.5 Å². The number of likely N-dealkylation sites (tertiary alicyclic amines) is 1. The van der Waals surface area contributed by atoms with Crippen LogP contribution in [0.25, 0.3) is 0 Å². The molecule has 30 heavy (non-hydrogen) atoms. The molecular formula is C21H32F3N3O3. The number of ether oxygens (including phenoxy) is 2. The summed E-state index contributed by atoms with van der Waals surface area (Å²) in [6.45, 7) is 10.6. The number of aromatic nitrogens is 1. The highest BCUT2D eigenvalue weighted by Gasteiger charge is 2.36. The Bertz CT molecular complexity index is 717. The average molecular weight is 431 g/mol. The lowest BCUT2D eigenvalue weighted by Crippen LogP contribution is -2.49. The topological polar surface area (TPSA) is 63.7 Å². The van der Waals surface area contributed by atoms with Gasteiger partial charge in [-0.05, 0) is 59.6 Å². The smallest absolute Gasteiger partial charge is 0.421 e. The van der Waals surface area contributed by atoms with Crippen LogP contribution in [0.15, 0.2) is 18.3 Å². The molecule has 170 valence electrons. The second-order valence-corrected chi connectivity index (χ2v) is 9.27. The molecule has 6 nitrogen and oxygen atoms in total. The highest BCUT2D eigenvalue weighted by Crippen LogP contribution is 2.34. The summed E-state index contributed by atoms with van der Waals surface area (Å²) in [5.74, 6) is -0.665. The summed E-state index contributed by atoms with van der Waals surface area (Å²) in [6, 6.07) is 2.21. The number of hydrogen-bond donors (Lipinski definition) is 1. The van der Waals surface area contributed by atoms with Crippen molar-refractivity contribution in [3.8, 4) is 5.88 Å². The van der Waals surface area contributed by atoms with Crippen LogP contribution in [0.1, 0.15) is 59.4 Å². The normalized spacial score (nSPS) is 18.5. The summed E-state index contributed by atoms with van der Waals surface area (Å²) < 4.78 is 50.4. The number of nitrogens with zero attached hydrogens (tertiary/aromatic N) is 2. The molecule has 9 heteroatoms. The van der Waals surface area contributed by atoms with Gasteiger partial charge in [-0.2, -0.15) is 13.2 Å². The van der Waals surface area contributed by atoms with Gasteiger partial charge in [0.1, 0.15) is 12.2 Å². The first-order valence-corrected chi connectivity index (χ1v) is 10.1. The second-order valence-electron chi connectivity index (χ2n) is 9.27. The molecule has 1 atom stereocenters. The van der Waals surface area contributed by atoms with Crippen molar-refractivity contribution in [3.63, 3.8) is 0 Å². The van der Waals surface area contributed by atoms with Gasteiger partial charge in [0.2, 0.25) is 11.8 Å². The summed E-state index contributed by atoms with van der Waals surface area (Å²) in [5, 5.41) is 2.86. The maximum atomic E-state index is 13.1. The van der Waals surface area contributed by atoms with Crippen LogP contribution in [0.4, 0.5) is 13.2 Å². The van der Waals surface area contributed by atoms with Gasteiger partial charge in [0.15, 0.2) is 0 Å². The van der Waals surface area contributed by atoms with Crippen LogP contribution in [0.2, 0.25) is 0 Å². The number of rotatable bonds is 8. The maximum absolute atomic E-state index is 13.1. The Morgan fingerprint density at radius 3 is 2.60 bits per heavy atom. The van der Waals surface area contributed by atoms with Crippen LogP contribution < -0.4 is 10.1 Å². The van der Waals surface area contributed by atoms with Gasteiger partial charge in [0.25, 0.3) is 0 Å². The average Bonchev–Trinajstić information content (AvgIpc) is 3.03. The van der Waals surface area contributed by atoms with Crippen molar-refractivity contribution in [1.82, 2.24) is 15.2 Å². The molecule has 1 fully saturated rings. The summed E-state index contributed by atoms with van der Waals surface area (Å²) in [4.78, 5) is 18.4. The van der Waals surface area contributed by atoms with Gasteiger partial charge in [-0.1, -0.05) is 0 Å². The zero-order valence-corrected chi connectivity index (χ0v) is 18.3. The van der Waals surface area contributed by atoms with E-state index >= 15 is 0 Å². The summed E-state index contributed by atoms with van der Waals surface area (Å²) in [7, 11) is 0. The monoisotopic (exact) mass is 431 g/mol. The molecule has 1 aromatic rings. The fraction of sp³-hybridized carbons (Fsp3) is 0.714. The van der Waals surface area contributed by atoms with E-state index in [2.05, 4.69) is 15.2 Å². The van der Waals surface area contributed by atoms with Gasteiger partial charge in [0.05, 0.1) is 17.9 Å². The molecule has 2 heterocycles. The zero-order chi connectivity index (χ0) is 22.6. The SMILES string of the molecule is CC(C)(COc1ncccc1C(F)(F)F)NC(=O)C[C@@H]1CCCN1COC(C)(C)C. The van der Waals surface area contributed by atoms with Gasteiger partial charge in [0, 0.05) is 25.2 Å². The van der Waals surface area contributed by atoms with E-state index in [0.29, 0.717) is 13.2 Å². The van der Waals surface area contributed by atoms with Crippen molar-refractivity contribution in [3.05, 3.63) is 23.9 Å². The molecule has 1 aliphatic heterocycles. The van der Waals surface area contributed by atoms with Crippen molar-refractivity contribution in [2.24, 2.45) is 0 Å². The summed E-state index contributed by atoms with van der Waals surface area (Å²) in [5.41, 5.74) is -2.05. The van der Waals surface area contributed by atoms with Crippen molar-refractivity contribution in [2.45, 2.75) is 77.2 Å². The van der Waals surface area contributed by atoms with Gasteiger partial charge in [-0.3, -0.25) is 9.69 Å². The Morgan fingerprint density at radius 2 is 1.97 bits per heavy atom. The van der Waals surface area contributed by atoms with Crippen LogP contribution in [0.5, 0.6) is 5.88 Å². The number of halogens is 3. The lowest BCUT2D eigenvalue weighted by atomic mass is 10.1. The molecule has 1 aromatic heterocycles. The van der Waals surface area contributed by atoms with Crippen LogP contribution in [0.3, 0.4) is 0 Å². The molecule has 2 rings (SSSR count). The number of amides is 1. The molecule has 1 aliphatic rings. The Kier molecular flexibility index (Phi) is 7.74. The molecule has 0 aromatic carbocycles. The fourth-order valence-corrected chi connectivity index (χ4v) is 3.22. The van der Waals surface area contributed by atoms with Crippen LogP contribution >= 0.6 is 0 Å². The summed E-state index contributed by atoms with van der Waals surface area (Å²) >= 11 is 0. The molecular weight excluding hydrogens is 399 g/mol. The minimum absolute atomic E-state index is 0.0803. The molecule has 1 amide bonds. The minimum atomic E-state index is -4.56. The van der Waals surface area contributed by atoms with Crippen molar-refractivity contribution in [1.29, 1.82) is 0 Å². The molecule has 1 saturated heterocycles. The third-order valence-corrected chi connectivity index (χ3v) is 4.71. The first kappa shape index (κ1) is 24.4. The molecule has 0 radical (unpaired) electrons. The molecule has 0 aliphatic carbocycles. The van der Waals surface area contributed by atoms with E-state index in [9.17, 15) is 18.0 Å². The van der Waals surface area contributed by atoms with Crippen molar-refractivity contribution >= 4 is 5.91 Å². The third-order valence-electron chi connectivity index (χ3n) is 4.71. The largest absolute Gasteiger partial charge is 0.475 e. The second kappa shape index (κ2) is 9.51. The predicted octanol–water partition coefficient (Wildman–Crippen LogP) is 4.00. The van der Waals surface area contributed by atoms with E-state index in [1.54, 1.807) is 13.8 Å². The van der Waals surface area contributed by atoms with Gasteiger partial charge in [-0.15, -0.1) is 0 Å². The van der Waals surface area contributed by atoms with Crippen LogP contribution in [0, 0.1) is 0 Å². The Balaban J connectivity index is 1.89. The standard InChI is InChI=1S/C21H32F3N3O3/c1-19(2,3)30-14-27-11-7-8-15(27)12-17(28)26-20(4,5)13-29-18-16(21(22,23)24)9-6-10-25-18/h6,9-10,15H,7-8,11-14H2,1-5H3,(H,26,28)/t15-/m0/s1. The molecule has 0 bridgehead atoms. The number of pyridine rings is 1. The van der Waals surface area contributed by atoms with Crippen LogP contribution in [-0.4, -0.2) is 52.9 Å². The zero-order valence-electron chi connectivity index (χ0n) is 18.3. The quantitative estimate of drug-likeness (QED) is 0.674. The number of nitrogens with one attached hydrogen (secondary N) is 1. The predicted molar refractivity (Wildman–Crippen MR) is 107 cm³/mol. The summed E-state index contributed by atoms with van der Waals surface area (Å²) in [6.07, 6.45) is -1.12. The van der Waals surface area contributed by atoms with Crippen LogP contribution in [-0.2, 0) is 15.7 Å². The highest BCUT2D eigenvalue weighted by molar-refractivity contribution is 5.77. The minimum Gasteiger partial charge on any atom is -0.475 e. The molecule has 0 saturated carbocycles. The fourth-order valence-electron chi connectivity index (χ4n) is 3.22. The number of carbonyl (C=O) groups excluding carboxylic acids is 1. The van der Waals surface area contributed by atoms with E-state index in [1.165, 1.54) is 12.3 Å². The first-order chi connectivity index (χ1) is 13.8. The molecule has 1 N–H and O–H groups in total. The maximum Gasteiger partial charge on any atom is 0.421 e. The van der Waals surface area contributed by atoms with Gasteiger partial charge >= 0.3 is 6.18 Å². The first-order valence-electron chi connectivity index (χ1n) is 10.1. The third kappa shape index (κ3) is 7.75. The Morgan fingerprint density at radius 1 is 1.27 bits per heavy atom. The molecule has 0 unspecified atom stereocenters. The lowest BCUT2D eigenvalue weighted by molar-refractivity contribution is -0.139. The Hall–Kier alpha value is -1.87. The number of alkyl halides is 3. The van der Waals surface area contributed by atoms with E-state index in [-0.39, 0.29) is 24.2 Å². The van der Waals surface area contributed by atoms with Crippen molar-refractivity contribution < 1.29 is 27.4 Å². The number of hydrogen-bond acceptors (Lipinski definition) is 5. The van der Waals surface area contributed by atoms with Gasteiger partial charge in [-0.25, -0.2) is 4.98 Å². The van der Waals surface area contributed by atoms with E-state index < -0.39 is 23.2 Å². The van der Waals surface area contributed by atoms with E-state index in [4.69, 9.17) is 9.47 Å². The molecule has 0 spiro atoms. The van der Waals surface area contributed by atoms with E-state index in [1.807, 2.05) is 20.8 Å². The lowest BCUT2D eigenvalue weighted by Gasteiger charge is -2.30. The number of carbonyl (C=O) groups is 1. The highest BCUT2D eigenvalue weighted by atomic mass is 19.4. The van der Waals surface area contributed by atoms with Crippen molar-refractivity contribution in [2.75, 3.05) is 19.9 Å².